The van der Waals surface area contributed by atoms with Crippen molar-refractivity contribution in [3.05, 3.63) is 73.5 Å². The molecule has 0 aliphatic rings. The minimum atomic E-state index is -0.479. The Hall–Kier alpha value is -2.97. The summed E-state index contributed by atoms with van der Waals surface area (Å²) in [5.41, 5.74) is 1.63. The van der Waals surface area contributed by atoms with Gasteiger partial charge in [0.05, 0.1) is 16.2 Å². The fourth-order valence-corrected chi connectivity index (χ4v) is 3.69. The molecule has 4 aromatic rings. The minimum Gasteiger partial charge on any atom is -0.339 e. The molecule has 0 unspecified atom stereocenters. The normalized spacial score (nSPS) is 11.1. The average Bonchev–Trinajstić information content (AvgIpc) is 3.22. The largest absolute Gasteiger partial charge is 0.339 e. The number of fused-ring (bicyclic) bond motifs is 1. The first-order valence-corrected chi connectivity index (χ1v) is 8.40. The number of H-pyrrole nitrogens is 1. The zero-order valence-electron chi connectivity index (χ0n) is 12.5. The molecule has 9 heteroatoms. The van der Waals surface area contributed by atoms with Gasteiger partial charge in [0.25, 0.3) is 11.2 Å². The Kier molecular flexibility index (Phi) is 3.63. The summed E-state index contributed by atoms with van der Waals surface area (Å²) in [6, 6.07) is 11.2. The van der Waals surface area contributed by atoms with E-state index in [-0.39, 0.29) is 16.4 Å². The number of nitrogens with one attached hydrogen (secondary N) is 1. The van der Waals surface area contributed by atoms with Gasteiger partial charge in [0.1, 0.15) is 5.65 Å². The lowest BCUT2D eigenvalue weighted by Gasteiger charge is -2.04. The van der Waals surface area contributed by atoms with Crippen LogP contribution in [0.2, 0.25) is 5.15 Å². The number of thiophene rings is 1. The van der Waals surface area contributed by atoms with E-state index in [1.54, 1.807) is 12.1 Å². The molecule has 4 rings (SSSR count). The molecule has 0 fully saturated rings. The summed E-state index contributed by atoms with van der Waals surface area (Å²) in [7, 11) is 0. The highest BCUT2D eigenvalue weighted by molar-refractivity contribution is 7.13. The first kappa shape index (κ1) is 15.6. The number of nitro benzene ring substituents is 1. The van der Waals surface area contributed by atoms with Crippen molar-refractivity contribution in [2.24, 2.45) is 0 Å². The highest BCUT2D eigenvalue weighted by atomic mass is 35.5. The quantitative estimate of drug-likeness (QED) is 0.434. The van der Waals surface area contributed by atoms with Gasteiger partial charge in [0, 0.05) is 28.6 Å². The monoisotopic (exact) mass is 372 g/mol. The molecular weight excluding hydrogens is 364 g/mol. The number of aromatic amines is 1. The second kappa shape index (κ2) is 5.83. The SMILES string of the molecule is O=c1cc(-c2cccc([N+](=O)[O-])c2)[nH]c2c(-c3cccs3)c(Cl)nn12. The van der Waals surface area contributed by atoms with Crippen molar-refractivity contribution in [3.8, 4) is 21.7 Å². The van der Waals surface area contributed by atoms with Gasteiger partial charge < -0.3 is 4.98 Å². The molecule has 25 heavy (non-hydrogen) atoms. The molecule has 1 aromatic carbocycles. The minimum absolute atomic E-state index is 0.0526. The van der Waals surface area contributed by atoms with Crippen LogP contribution < -0.4 is 5.56 Å². The van der Waals surface area contributed by atoms with E-state index < -0.39 is 4.92 Å². The Bertz CT molecular complexity index is 1160. The summed E-state index contributed by atoms with van der Waals surface area (Å²) in [4.78, 5) is 26.9. The highest BCUT2D eigenvalue weighted by Crippen LogP contribution is 2.34. The van der Waals surface area contributed by atoms with Crippen molar-refractivity contribution in [2.45, 2.75) is 0 Å². The molecular formula is C16H9ClN4O3S. The van der Waals surface area contributed by atoms with Crippen molar-refractivity contribution >= 4 is 34.3 Å². The second-order valence-electron chi connectivity index (χ2n) is 5.23. The van der Waals surface area contributed by atoms with Crippen LogP contribution in [0.3, 0.4) is 0 Å². The second-order valence-corrected chi connectivity index (χ2v) is 6.54. The predicted molar refractivity (Wildman–Crippen MR) is 96.2 cm³/mol. The highest BCUT2D eigenvalue weighted by Gasteiger charge is 2.18. The average molecular weight is 373 g/mol. The molecule has 0 bridgehead atoms. The molecule has 0 aliphatic carbocycles. The summed E-state index contributed by atoms with van der Waals surface area (Å²) in [6.07, 6.45) is 0. The van der Waals surface area contributed by atoms with Crippen LogP contribution in [-0.4, -0.2) is 19.5 Å². The van der Waals surface area contributed by atoms with Gasteiger partial charge in [-0.05, 0) is 11.4 Å². The predicted octanol–water partition coefficient (Wildman–Crippen LogP) is 3.98. The Morgan fingerprint density at radius 1 is 1.24 bits per heavy atom. The summed E-state index contributed by atoms with van der Waals surface area (Å²) >= 11 is 7.70. The lowest BCUT2D eigenvalue weighted by Crippen LogP contribution is -2.14. The molecule has 0 saturated carbocycles. The van der Waals surface area contributed by atoms with Gasteiger partial charge in [-0.2, -0.15) is 9.61 Å². The maximum atomic E-state index is 12.4. The summed E-state index contributed by atoms with van der Waals surface area (Å²) < 4.78 is 1.19. The van der Waals surface area contributed by atoms with Crippen LogP contribution in [0.5, 0.6) is 0 Å². The third-order valence-electron chi connectivity index (χ3n) is 3.71. The fraction of sp³-hybridized carbons (Fsp3) is 0. The molecule has 0 spiro atoms. The van der Waals surface area contributed by atoms with Crippen molar-refractivity contribution < 1.29 is 4.92 Å². The van der Waals surface area contributed by atoms with Crippen molar-refractivity contribution in [1.29, 1.82) is 0 Å². The van der Waals surface area contributed by atoms with Crippen LogP contribution in [0.1, 0.15) is 0 Å². The maximum Gasteiger partial charge on any atom is 0.274 e. The third-order valence-corrected chi connectivity index (χ3v) is 4.86. The van der Waals surface area contributed by atoms with Crippen molar-refractivity contribution in [1.82, 2.24) is 14.6 Å². The number of hydrogen-bond acceptors (Lipinski definition) is 5. The number of halogens is 1. The molecule has 7 nitrogen and oxygen atoms in total. The number of non-ortho nitro benzene ring substituents is 1. The van der Waals surface area contributed by atoms with Crippen LogP contribution in [0, 0.1) is 10.1 Å². The van der Waals surface area contributed by atoms with Gasteiger partial charge in [-0.3, -0.25) is 14.9 Å². The molecule has 1 N–H and O–H groups in total. The first-order chi connectivity index (χ1) is 12.0. The maximum absolute atomic E-state index is 12.4. The Labute approximate surface area is 149 Å². The van der Waals surface area contributed by atoms with Crippen LogP contribution in [-0.2, 0) is 0 Å². The van der Waals surface area contributed by atoms with E-state index in [4.69, 9.17) is 11.6 Å². The molecule has 0 saturated heterocycles. The van der Waals surface area contributed by atoms with Gasteiger partial charge in [-0.1, -0.05) is 29.8 Å². The lowest BCUT2D eigenvalue weighted by atomic mass is 10.1. The Morgan fingerprint density at radius 2 is 2.08 bits per heavy atom. The zero-order valence-corrected chi connectivity index (χ0v) is 14.0. The number of nitrogens with zero attached hydrogens (tertiary/aromatic N) is 3. The van der Waals surface area contributed by atoms with E-state index in [0.29, 0.717) is 22.5 Å². The van der Waals surface area contributed by atoms with E-state index in [2.05, 4.69) is 10.1 Å². The molecule has 3 aromatic heterocycles. The van der Waals surface area contributed by atoms with Crippen molar-refractivity contribution in [3.63, 3.8) is 0 Å². The van der Waals surface area contributed by atoms with E-state index in [1.807, 2.05) is 17.5 Å². The van der Waals surface area contributed by atoms with Crippen LogP contribution >= 0.6 is 22.9 Å². The summed E-state index contributed by atoms with van der Waals surface area (Å²) in [6.45, 7) is 0. The van der Waals surface area contributed by atoms with Crippen LogP contribution in [0.25, 0.3) is 27.3 Å². The number of rotatable bonds is 3. The Balaban J connectivity index is 1.98. The Morgan fingerprint density at radius 3 is 2.80 bits per heavy atom. The molecule has 0 radical (unpaired) electrons. The van der Waals surface area contributed by atoms with Gasteiger partial charge in [-0.15, -0.1) is 11.3 Å². The standard InChI is InChI=1S/C16H9ClN4O3S/c17-15-14(12-5-2-6-25-12)16-18-11(8-13(22)20(16)19-15)9-3-1-4-10(7-9)21(23)24/h1-8,18H. The van der Waals surface area contributed by atoms with Crippen molar-refractivity contribution in [2.75, 3.05) is 0 Å². The molecule has 124 valence electrons. The van der Waals surface area contributed by atoms with Crippen LogP contribution in [0.4, 0.5) is 5.69 Å². The van der Waals surface area contributed by atoms with Gasteiger partial charge in [-0.25, -0.2) is 0 Å². The van der Waals surface area contributed by atoms with E-state index in [0.717, 1.165) is 4.88 Å². The van der Waals surface area contributed by atoms with Gasteiger partial charge >= 0.3 is 0 Å². The zero-order chi connectivity index (χ0) is 17.6. The molecule has 0 amide bonds. The lowest BCUT2D eigenvalue weighted by molar-refractivity contribution is -0.384. The number of aromatic nitrogens is 3. The number of nitro groups is 1. The number of benzene rings is 1. The van der Waals surface area contributed by atoms with Gasteiger partial charge in [0.2, 0.25) is 0 Å². The van der Waals surface area contributed by atoms with E-state index in [9.17, 15) is 14.9 Å². The van der Waals surface area contributed by atoms with E-state index in [1.165, 1.54) is 34.1 Å². The molecule has 0 atom stereocenters. The summed E-state index contributed by atoms with van der Waals surface area (Å²) in [5, 5.41) is 17.2. The molecule has 0 aliphatic heterocycles. The topological polar surface area (TPSA) is 93.3 Å². The van der Waals surface area contributed by atoms with Gasteiger partial charge in [0.15, 0.2) is 5.15 Å². The van der Waals surface area contributed by atoms with E-state index >= 15 is 0 Å². The summed E-state index contributed by atoms with van der Waals surface area (Å²) in [5.74, 6) is 0. The fourth-order valence-electron chi connectivity index (χ4n) is 2.60. The third kappa shape index (κ3) is 2.61. The first-order valence-electron chi connectivity index (χ1n) is 7.15. The number of hydrogen-bond donors (Lipinski definition) is 1. The smallest absolute Gasteiger partial charge is 0.274 e. The van der Waals surface area contributed by atoms with Crippen LogP contribution in [0.15, 0.2) is 52.6 Å². The molecule has 3 heterocycles.